The highest BCUT2D eigenvalue weighted by Crippen LogP contribution is 2.05. The van der Waals surface area contributed by atoms with Crippen molar-refractivity contribution < 1.29 is 13.2 Å². The number of hydrogen-bond donors (Lipinski definition) is 0. The first-order valence-electron chi connectivity index (χ1n) is 5.51. The topological polar surface area (TPSA) is 70.4 Å². The molecule has 0 amide bonds. The maximum Gasteiger partial charge on any atom is 0.156 e. The van der Waals surface area contributed by atoms with Gasteiger partial charge in [0.25, 0.3) is 0 Å². The summed E-state index contributed by atoms with van der Waals surface area (Å²) in [6.45, 7) is 4.31. The van der Waals surface area contributed by atoms with Crippen molar-refractivity contribution in [3.05, 3.63) is 0 Å². The van der Waals surface area contributed by atoms with Crippen LogP contribution in [-0.2, 0) is 14.6 Å². The van der Waals surface area contributed by atoms with E-state index in [1.54, 1.807) is 6.92 Å². The van der Waals surface area contributed by atoms with Gasteiger partial charge >= 0.3 is 0 Å². The summed E-state index contributed by atoms with van der Waals surface area (Å²) in [6.07, 6.45) is 0.269. The zero-order valence-corrected chi connectivity index (χ0v) is 10.4. The van der Waals surface area contributed by atoms with Gasteiger partial charge in [0, 0.05) is 18.8 Å². The van der Waals surface area contributed by atoms with Gasteiger partial charge in [0.15, 0.2) is 6.10 Å². The Morgan fingerprint density at radius 1 is 1.56 bits per heavy atom. The molecule has 16 heavy (non-hydrogen) atoms. The van der Waals surface area contributed by atoms with Gasteiger partial charge in [0.05, 0.1) is 18.4 Å². The standard InChI is InChI=1S/C10H18N2O3S/c1-2-16(13,14)7-3-4-12-5-6-15-10(8-11)9-12/h10H,2-7,9H2,1H3. The normalized spacial score (nSPS) is 22.9. The van der Waals surface area contributed by atoms with E-state index >= 15 is 0 Å². The maximum atomic E-state index is 11.3. The van der Waals surface area contributed by atoms with E-state index in [1.165, 1.54) is 0 Å². The Labute approximate surface area is 96.9 Å². The van der Waals surface area contributed by atoms with E-state index < -0.39 is 9.84 Å². The summed E-state index contributed by atoms with van der Waals surface area (Å²) < 4.78 is 27.7. The summed E-state index contributed by atoms with van der Waals surface area (Å²) in [5.74, 6) is 0.439. The molecule has 1 heterocycles. The van der Waals surface area contributed by atoms with Crippen molar-refractivity contribution in [3.63, 3.8) is 0 Å². The molecule has 1 unspecified atom stereocenters. The molecule has 1 atom stereocenters. The van der Waals surface area contributed by atoms with Crippen LogP contribution in [0.25, 0.3) is 0 Å². The highest BCUT2D eigenvalue weighted by atomic mass is 32.2. The first-order valence-corrected chi connectivity index (χ1v) is 7.33. The second-order valence-electron chi connectivity index (χ2n) is 3.88. The Morgan fingerprint density at radius 3 is 2.94 bits per heavy atom. The van der Waals surface area contributed by atoms with Gasteiger partial charge in [-0.2, -0.15) is 5.26 Å². The van der Waals surface area contributed by atoms with Crippen LogP contribution in [0.4, 0.5) is 0 Å². The van der Waals surface area contributed by atoms with Crippen LogP contribution >= 0.6 is 0 Å². The number of morpholine rings is 1. The second-order valence-corrected chi connectivity index (χ2v) is 6.35. The van der Waals surface area contributed by atoms with E-state index in [0.717, 1.165) is 13.1 Å². The third kappa shape index (κ3) is 4.47. The number of sulfone groups is 1. The van der Waals surface area contributed by atoms with Gasteiger partial charge in [-0.3, -0.25) is 4.90 Å². The van der Waals surface area contributed by atoms with Crippen LogP contribution in [0.15, 0.2) is 0 Å². The molecule has 1 aliphatic heterocycles. The van der Waals surface area contributed by atoms with Crippen molar-refractivity contribution in [3.8, 4) is 6.07 Å². The van der Waals surface area contributed by atoms with Gasteiger partial charge in [-0.15, -0.1) is 0 Å². The molecule has 1 fully saturated rings. The van der Waals surface area contributed by atoms with Gasteiger partial charge in [-0.05, 0) is 13.0 Å². The van der Waals surface area contributed by atoms with Crippen LogP contribution < -0.4 is 0 Å². The second kappa shape index (κ2) is 6.18. The Morgan fingerprint density at radius 2 is 2.31 bits per heavy atom. The Bertz CT molecular complexity index is 348. The SMILES string of the molecule is CCS(=O)(=O)CCCN1CCOC(C#N)C1. The lowest BCUT2D eigenvalue weighted by Crippen LogP contribution is -2.42. The molecule has 1 rings (SSSR count). The molecule has 0 aromatic rings. The predicted molar refractivity (Wildman–Crippen MR) is 60.7 cm³/mol. The lowest BCUT2D eigenvalue weighted by atomic mass is 10.3. The molecule has 0 aromatic carbocycles. The molecule has 0 radical (unpaired) electrons. The van der Waals surface area contributed by atoms with Crippen LogP contribution in [0.3, 0.4) is 0 Å². The van der Waals surface area contributed by atoms with E-state index in [0.29, 0.717) is 19.6 Å². The van der Waals surface area contributed by atoms with Crippen molar-refractivity contribution >= 4 is 9.84 Å². The summed E-state index contributed by atoms with van der Waals surface area (Å²) in [5.41, 5.74) is 0. The summed E-state index contributed by atoms with van der Waals surface area (Å²) >= 11 is 0. The van der Waals surface area contributed by atoms with E-state index in [9.17, 15) is 8.42 Å². The summed E-state index contributed by atoms with van der Waals surface area (Å²) in [4.78, 5) is 2.09. The minimum absolute atomic E-state index is 0.205. The number of nitriles is 1. The predicted octanol–water partition coefficient (Wildman–Crippen LogP) is 0.0356. The van der Waals surface area contributed by atoms with Crippen molar-refractivity contribution in [2.24, 2.45) is 0 Å². The van der Waals surface area contributed by atoms with E-state index in [2.05, 4.69) is 11.0 Å². The molecule has 1 saturated heterocycles. The quantitative estimate of drug-likeness (QED) is 0.685. The Balaban J connectivity index is 2.26. The molecule has 1 aliphatic rings. The monoisotopic (exact) mass is 246 g/mol. The third-order valence-corrected chi connectivity index (χ3v) is 4.45. The number of ether oxygens (including phenoxy) is 1. The van der Waals surface area contributed by atoms with E-state index in [1.807, 2.05) is 0 Å². The lowest BCUT2D eigenvalue weighted by molar-refractivity contribution is 0.000769. The molecule has 0 N–H and O–H groups in total. The number of nitrogens with zero attached hydrogens (tertiary/aromatic N) is 2. The molecule has 0 bridgehead atoms. The molecule has 5 nitrogen and oxygen atoms in total. The third-order valence-electron chi connectivity index (χ3n) is 2.66. The van der Waals surface area contributed by atoms with Crippen LogP contribution in [-0.4, -0.2) is 57.2 Å². The Hall–Kier alpha value is -0.640. The summed E-state index contributed by atoms with van der Waals surface area (Å²) in [6, 6.07) is 2.07. The molecular weight excluding hydrogens is 228 g/mol. The van der Waals surface area contributed by atoms with Gasteiger partial charge < -0.3 is 4.74 Å². The first-order chi connectivity index (χ1) is 7.57. The first kappa shape index (κ1) is 13.4. The van der Waals surface area contributed by atoms with Gasteiger partial charge in [-0.1, -0.05) is 6.92 Å². The van der Waals surface area contributed by atoms with E-state index in [4.69, 9.17) is 10.00 Å². The average molecular weight is 246 g/mol. The molecule has 0 spiro atoms. The Kier molecular flexibility index (Phi) is 5.19. The fourth-order valence-corrected chi connectivity index (χ4v) is 2.49. The minimum Gasteiger partial charge on any atom is -0.361 e. The van der Waals surface area contributed by atoms with Crippen molar-refractivity contribution in [1.82, 2.24) is 4.90 Å². The lowest BCUT2D eigenvalue weighted by Gasteiger charge is -2.29. The van der Waals surface area contributed by atoms with Crippen LogP contribution in [0.5, 0.6) is 0 Å². The minimum atomic E-state index is -2.86. The highest BCUT2D eigenvalue weighted by Gasteiger charge is 2.19. The van der Waals surface area contributed by atoms with Gasteiger partial charge in [0.2, 0.25) is 0 Å². The van der Waals surface area contributed by atoms with Crippen LogP contribution in [0, 0.1) is 11.3 Å². The van der Waals surface area contributed by atoms with Crippen molar-refractivity contribution in [1.29, 1.82) is 5.26 Å². The van der Waals surface area contributed by atoms with Gasteiger partial charge in [-0.25, -0.2) is 8.42 Å². The summed E-state index contributed by atoms with van der Waals surface area (Å²) in [7, 11) is -2.86. The summed E-state index contributed by atoms with van der Waals surface area (Å²) in [5, 5.41) is 8.70. The smallest absolute Gasteiger partial charge is 0.156 e. The number of hydrogen-bond acceptors (Lipinski definition) is 5. The molecule has 6 heteroatoms. The average Bonchev–Trinajstić information content (AvgIpc) is 2.29. The molecule has 0 aromatic heterocycles. The number of rotatable bonds is 5. The fraction of sp³-hybridized carbons (Fsp3) is 0.900. The zero-order chi connectivity index (χ0) is 12.0. The zero-order valence-electron chi connectivity index (χ0n) is 9.55. The maximum absolute atomic E-state index is 11.3. The molecule has 0 aliphatic carbocycles. The fourth-order valence-electron chi connectivity index (χ4n) is 1.64. The van der Waals surface area contributed by atoms with Crippen LogP contribution in [0.2, 0.25) is 0 Å². The molecule has 0 saturated carbocycles. The molecule has 92 valence electrons. The highest BCUT2D eigenvalue weighted by molar-refractivity contribution is 7.91. The van der Waals surface area contributed by atoms with E-state index in [-0.39, 0.29) is 17.6 Å². The van der Waals surface area contributed by atoms with Crippen LogP contribution in [0.1, 0.15) is 13.3 Å². The van der Waals surface area contributed by atoms with Crippen molar-refractivity contribution in [2.45, 2.75) is 19.4 Å². The van der Waals surface area contributed by atoms with Crippen molar-refractivity contribution in [2.75, 3.05) is 37.7 Å². The largest absolute Gasteiger partial charge is 0.361 e. The van der Waals surface area contributed by atoms with Gasteiger partial charge in [0.1, 0.15) is 9.84 Å². The molecular formula is C10H18N2O3S.